The van der Waals surface area contributed by atoms with Crippen LogP contribution in [0.4, 0.5) is 10.2 Å². The predicted octanol–water partition coefficient (Wildman–Crippen LogP) is 4.40. The van der Waals surface area contributed by atoms with Crippen molar-refractivity contribution in [3.8, 4) is 11.3 Å². The van der Waals surface area contributed by atoms with Crippen LogP contribution in [-0.2, 0) is 11.8 Å². The summed E-state index contributed by atoms with van der Waals surface area (Å²) in [5.74, 6) is 0.329. The smallest absolute Gasteiger partial charge is 0.134 e. The summed E-state index contributed by atoms with van der Waals surface area (Å²) in [5.41, 5.74) is 2.73. The molecule has 0 radical (unpaired) electrons. The molecule has 0 amide bonds. The number of ether oxygens (including phenoxy) is 1. The Morgan fingerprint density at radius 2 is 2.13 bits per heavy atom. The lowest BCUT2D eigenvalue weighted by Crippen LogP contribution is -2.38. The molecule has 1 saturated heterocycles. The highest BCUT2D eigenvalue weighted by atomic mass is 35.5. The van der Waals surface area contributed by atoms with Crippen LogP contribution in [0.25, 0.3) is 22.2 Å². The lowest BCUT2D eigenvalue weighted by atomic mass is 10.1. The van der Waals surface area contributed by atoms with E-state index in [9.17, 15) is 4.39 Å². The number of pyridine rings is 2. The molecule has 3 aromatic heterocycles. The summed E-state index contributed by atoms with van der Waals surface area (Å²) in [5, 5.41) is 5.38. The van der Waals surface area contributed by atoms with Gasteiger partial charge in [-0.15, -0.1) is 0 Å². The van der Waals surface area contributed by atoms with Gasteiger partial charge in [0, 0.05) is 60.1 Å². The van der Waals surface area contributed by atoms with E-state index in [-0.39, 0.29) is 6.10 Å². The fraction of sp³-hybridized carbons (Fsp3) is 0.227. The number of hydrogen-bond donors (Lipinski definition) is 0. The van der Waals surface area contributed by atoms with Gasteiger partial charge in [0.25, 0.3) is 0 Å². The van der Waals surface area contributed by atoms with Gasteiger partial charge in [0.2, 0.25) is 0 Å². The van der Waals surface area contributed by atoms with Crippen LogP contribution in [0, 0.1) is 5.82 Å². The van der Waals surface area contributed by atoms with E-state index < -0.39 is 5.82 Å². The van der Waals surface area contributed by atoms with Gasteiger partial charge in [-0.1, -0.05) is 11.6 Å². The maximum absolute atomic E-state index is 14.7. The molecular weight excluding hydrogens is 405 g/mol. The number of nitrogens with zero attached hydrogens (tertiary/aromatic N) is 5. The Labute approximate surface area is 177 Å². The van der Waals surface area contributed by atoms with Gasteiger partial charge >= 0.3 is 0 Å². The average Bonchev–Trinajstić information content (AvgIpc) is 3.20. The van der Waals surface area contributed by atoms with Gasteiger partial charge in [-0.3, -0.25) is 9.67 Å². The molecule has 1 aliphatic rings. The number of fused-ring (bicyclic) bond motifs is 1. The second-order valence-corrected chi connectivity index (χ2v) is 7.71. The van der Waals surface area contributed by atoms with E-state index in [0.717, 1.165) is 22.3 Å². The predicted molar refractivity (Wildman–Crippen MR) is 114 cm³/mol. The molecule has 0 N–H and O–H groups in total. The molecule has 1 aromatic carbocycles. The zero-order valence-electron chi connectivity index (χ0n) is 16.3. The molecule has 1 atom stereocenters. The molecule has 5 rings (SSSR count). The first-order valence-electron chi connectivity index (χ1n) is 9.65. The molecular formula is C22H19ClFN5O. The number of morpholine rings is 1. The number of anilines is 1. The molecule has 0 saturated carbocycles. The van der Waals surface area contributed by atoms with Crippen molar-refractivity contribution in [2.24, 2.45) is 7.05 Å². The van der Waals surface area contributed by atoms with Crippen LogP contribution in [0.5, 0.6) is 0 Å². The van der Waals surface area contributed by atoms with E-state index in [0.29, 0.717) is 36.0 Å². The maximum atomic E-state index is 14.7. The third-order valence-electron chi connectivity index (χ3n) is 5.26. The molecule has 1 unspecified atom stereocenters. The van der Waals surface area contributed by atoms with E-state index in [1.54, 1.807) is 23.0 Å². The Hall–Kier alpha value is -3.03. The average molecular weight is 424 g/mol. The van der Waals surface area contributed by atoms with E-state index >= 15 is 0 Å². The van der Waals surface area contributed by atoms with Crippen molar-refractivity contribution in [2.75, 3.05) is 24.6 Å². The Bertz CT molecular complexity index is 1230. The van der Waals surface area contributed by atoms with Crippen LogP contribution in [0.3, 0.4) is 0 Å². The third-order valence-corrected chi connectivity index (χ3v) is 5.49. The summed E-state index contributed by atoms with van der Waals surface area (Å²) in [6.45, 7) is 1.87. The van der Waals surface area contributed by atoms with Crippen molar-refractivity contribution in [3.63, 3.8) is 0 Å². The summed E-state index contributed by atoms with van der Waals surface area (Å²) >= 11 is 5.95. The minimum atomic E-state index is -0.410. The van der Waals surface area contributed by atoms with Crippen molar-refractivity contribution >= 4 is 28.3 Å². The van der Waals surface area contributed by atoms with E-state index in [4.69, 9.17) is 21.3 Å². The molecule has 30 heavy (non-hydrogen) atoms. The van der Waals surface area contributed by atoms with Crippen molar-refractivity contribution in [2.45, 2.75) is 6.10 Å². The normalized spacial score (nSPS) is 16.9. The first-order chi connectivity index (χ1) is 14.6. The molecule has 8 heteroatoms. The Morgan fingerprint density at radius 3 is 2.93 bits per heavy atom. The van der Waals surface area contributed by atoms with Gasteiger partial charge in [0.1, 0.15) is 17.7 Å². The molecule has 1 fully saturated rings. The highest BCUT2D eigenvalue weighted by molar-refractivity contribution is 6.30. The zero-order chi connectivity index (χ0) is 20.7. The minimum absolute atomic E-state index is 0.107. The van der Waals surface area contributed by atoms with Gasteiger partial charge in [0.15, 0.2) is 0 Å². The number of hydrogen-bond acceptors (Lipinski definition) is 5. The monoisotopic (exact) mass is 423 g/mol. The molecule has 0 aliphatic carbocycles. The van der Waals surface area contributed by atoms with Crippen LogP contribution in [-0.4, -0.2) is 39.4 Å². The van der Waals surface area contributed by atoms with Crippen LogP contribution < -0.4 is 4.90 Å². The minimum Gasteiger partial charge on any atom is -0.370 e. The second kappa shape index (κ2) is 7.66. The second-order valence-electron chi connectivity index (χ2n) is 7.28. The highest BCUT2D eigenvalue weighted by Gasteiger charge is 2.25. The molecule has 4 aromatic rings. The Morgan fingerprint density at radius 1 is 1.23 bits per heavy atom. The van der Waals surface area contributed by atoms with Crippen LogP contribution in [0.15, 0.2) is 55.0 Å². The summed E-state index contributed by atoms with van der Waals surface area (Å²) in [7, 11) is 1.88. The number of halogens is 2. The quantitative estimate of drug-likeness (QED) is 0.489. The van der Waals surface area contributed by atoms with Gasteiger partial charge in [-0.25, -0.2) is 9.37 Å². The fourth-order valence-corrected chi connectivity index (χ4v) is 3.94. The highest BCUT2D eigenvalue weighted by Crippen LogP contribution is 2.33. The zero-order valence-corrected chi connectivity index (χ0v) is 17.1. The van der Waals surface area contributed by atoms with E-state index in [1.165, 1.54) is 6.07 Å². The molecule has 4 heterocycles. The largest absolute Gasteiger partial charge is 0.370 e. The third kappa shape index (κ3) is 3.51. The van der Waals surface area contributed by atoms with Crippen molar-refractivity contribution in [1.29, 1.82) is 0 Å². The summed E-state index contributed by atoms with van der Waals surface area (Å²) in [4.78, 5) is 11.5. The summed E-state index contributed by atoms with van der Waals surface area (Å²) in [6, 6.07) is 10.3. The molecule has 0 spiro atoms. The molecule has 0 bridgehead atoms. The first-order valence-corrected chi connectivity index (χ1v) is 10.0. The molecule has 1 aliphatic heterocycles. The van der Waals surface area contributed by atoms with Gasteiger partial charge in [0.05, 0.1) is 24.0 Å². The first kappa shape index (κ1) is 19.0. The summed E-state index contributed by atoms with van der Waals surface area (Å²) < 4.78 is 22.4. The topological polar surface area (TPSA) is 56.1 Å². The van der Waals surface area contributed by atoms with Gasteiger partial charge < -0.3 is 9.64 Å². The van der Waals surface area contributed by atoms with Crippen LogP contribution >= 0.6 is 11.6 Å². The van der Waals surface area contributed by atoms with Gasteiger partial charge in [-0.2, -0.15) is 5.10 Å². The summed E-state index contributed by atoms with van der Waals surface area (Å²) in [6.07, 6.45) is 5.39. The lowest BCUT2D eigenvalue weighted by molar-refractivity contribution is 0.0395. The van der Waals surface area contributed by atoms with Crippen LogP contribution in [0.2, 0.25) is 5.02 Å². The number of benzene rings is 1. The number of aromatic nitrogens is 4. The van der Waals surface area contributed by atoms with Gasteiger partial charge in [-0.05, 0) is 30.3 Å². The lowest BCUT2D eigenvalue weighted by Gasteiger charge is -2.33. The maximum Gasteiger partial charge on any atom is 0.134 e. The Balaban J connectivity index is 1.58. The number of aryl methyl sites for hydroxylation is 1. The fourth-order valence-electron chi connectivity index (χ4n) is 3.78. The molecule has 6 nitrogen and oxygen atoms in total. The molecule has 152 valence electrons. The van der Waals surface area contributed by atoms with E-state index in [1.807, 2.05) is 37.6 Å². The van der Waals surface area contributed by atoms with Crippen LogP contribution in [0.1, 0.15) is 11.7 Å². The standard InChI is InChI=1S/C22H19ClFN5O/c1-28-12-14(11-26-28)20-13-29(7-8-30-20)21-10-19-17(3-2-6-25-19)22(27-21)16-5-4-15(23)9-18(16)24/h2-6,9-12,20H,7-8,13H2,1H3. The number of rotatable bonds is 3. The SMILES string of the molecule is Cn1cc(C2CN(c3cc4ncccc4c(-c4ccc(Cl)cc4F)n3)CCO2)cn1. The van der Waals surface area contributed by atoms with Crippen molar-refractivity contribution < 1.29 is 9.13 Å². The van der Waals surface area contributed by atoms with Crippen molar-refractivity contribution in [3.05, 3.63) is 71.4 Å². The van der Waals surface area contributed by atoms with E-state index in [2.05, 4.69) is 15.0 Å². The Kier molecular flexibility index (Phi) is 4.84. The van der Waals surface area contributed by atoms with Crippen molar-refractivity contribution in [1.82, 2.24) is 19.7 Å².